The molecule has 0 spiro atoms. The Morgan fingerprint density at radius 1 is 1.41 bits per heavy atom. The number of amides is 1. The number of carbonyl (C=O) groups excluding carboxylic acids is 1. The lowest BCUT2D eigenvalue weighted by molar-refractivity contribution is -0.143. The molecular weight excluding hydrogens is 300 g/mol. The summed E-state index contributed by atoms with van der Waals surface area (Å²) in [5, 5.41) is 9.62. The zero-order chi connectivity index (χ0) is 15.7. The van der Waals surface area contributed by atoms with Crippen LogP contribution >= 0.6 is 11.3 Å². The van der Waals surface area contributed by atoms with Crippen LogP contribution in [0.5, 0.6) is 0 Å². The highest BCUT2D eigenvalue weighted by Crippen LogP contribution is 2.32. The normalized spacial score (nSPS) is 17.1. The van der Waals surface area contributed by atoms with Crippen LogP contribution in [0.1, 0.15) is 39.5 Å². The fourth-order valence-electron chi connectivity index (χ4n) is 2.88. The number of nitrogens with zero attached hydrogens (tertiary/aromatic N) is 2. The van der Waals surface area contributed by atoms with Crippen molar-refractivity contribution in [3.05, 3.63) is 51.5 Å². The van der Waals surface area contributed by atoms with Gasteiger partial charge in [0.25, 0.3) is 5.91 Å². The molecule has 1 N–H and O–H groups in total. The molecule has 0 fully saturated rings. The van der Waals surface area contributed by atoms with Crippen LogP contribution in [-0.4, -0.2) is 33.4 Å². The van der Waals surface area contributed by atoms with Crippen molar-refractivity contribution >= 4 is 23.2 Å². The van der Waals surface area contributed by atoms with Gasteiger partial charge in [0.15, 0.2) is 6.04 Å². The molecule has 1 aromatic heterocycles. The predicted molar refractivity (Wildman–Crippen MR) is 83.1 cm³/mol. The summed E-state index contributed by atoms with van der Waals surface area (Å²) < 4.78 is 0. The second-order valence-electron chi connectivity index (χ2n) is 5.17. The molecule has 3 rings (SSSR count). The Hall–Kier alpha value is -2.21. The van der Waals surface area contributed by atoms with E-state index < -0.39 is 12.0 Å². The third-order valence-corrected chi connectivity index (χ3v) is 4.81. The molecule has 0 saturated heterocycles. The molecule has 6 heteroatoms. The molecular formula is C16H16N2O3S. The molecule has 2 heterocycles. The smallest absolute Gasteiger partial charge is 0.331 e. The van der Waals surface area contributed by atoms with E-state index in [-0.39, 0.29) is 5.91 Å². The molecule has 0 aliphatic carbocycles. The van der Waals surface area contributed by atoms with Crippen molar-refractivity contribution in [2.75, 3.05) is 6.54 Å². The Morgan fingerprint density at radius 2 is 2.18 bits per heavy atom. The third kappa shape index (κ3) is 2.39. The minimum Gasteiger partial charge on any atom is -0.479 e. The topological polar surface area (TPSA) is 70.5 Å². The van der Waals surface area contributed by atoms with E-state index in [1.165, 1.54) is 16.2 Å². The number of rotatable bonds is 3. The van der Waals surface area contributed by atoms with Crippen molar-refractivity contribution in [2.45, 2.75) is 25.8 Å². The second-order valence-corrected chi connectivity index (χ2v) is 6.02. The zero-order valence-electron chi connectivity index (χ0n) is 12.2. The molecule has 1 unspecified atom stereocenters. The first-order chi connectivity index (χ1) is 10.6. The Bertz CT molecular complexity index is 726. The number of carboxylic acid groups (broad SMARTS) is 1. The summed E-state index contributed by atoms with van der Waals surface area (Å²) in [5.74, 6) is -1.23. The standard InChI is InChI=1S/C16H16N2O3S/c1-2-12-14(22-9-17-12)15(19)18-8-7-10-5-3-4-6-11(10)13(18)16(20)21/h3-6,9,13H,2,7-8H2,1H3,(H,20,21). The minimum atomic E-state index is -0.997. The van der Waals surface area contributed by atoms with Crippen molar-refractivity contribution in [1.82, 2.24) is 9.88 Å². The molecule has 1 aliphatic heterocycles. The van der Waals surface area contributed by atoms with E-state index in [1.807, 2.05) is 25.1 Å². The summed E-state index contributed by atoms with van der Waals surface area (Å²) in [6, 6.07) is 6.50. The molecule has 1 amide bonds. The van der Waals surface area contributed by atoms with Gasteiger partial charge in [-0.15, -0.1) is 11.3 Å². The molecule has 0 radical (unpaired) electrons. The lowest BCUT2D eigenvalue weighted by Gasteiger charge is -2.34. The number of thiazole rings is 1. The van der Waals surface area contributed by atoms with Crippen LogP contribution in [0.3, 0.4) is 0 Å². The predicted octanol–water partition coefficient (Wildman–Crippen LogP) is 2.53. The maximum atomic E-state index is 12.8. The highest BCUT2D eigenvalue weighted by molar-refractivity contribution is 7.11. The second kappa shape index (κ2) is 5.88. The van der Waals surface area contributed by atoms with E-state index in [0.29, 0.717) is 29.8 Å². The third-order valence-electron chi connectivity index (χ3n) is 3.95. The van der Waals surface area contributed by atoms with Crippen LogP contribution in [0.25, 0.3) is 0 Å². The molecule has 22 heavy (non-hydrogen) atoms. The van der Waals surface area contributed by atoms with Gasteiger partial charge >= 0.3 is 5.97 Å². The van der Waals surface area contributed by atoms with Gasteiger partial charge in [-0.1, -0.05) is 31.2 Å². The summed E-state index contributed by atoms with van der Waals surface area (Å²) in [6.45, 7) is 2.35. The largest absolute Gasteiger partial charge is 0.479 e. The van der Waals surface area contributed by atoms with E-state index in [4.69, 9.17) is 0 Å². The maximum absolute atomic E-state index is 12.8. The van der Waals surface area contributed by atoms with Gasteiger partial charge in [0, 0.05) is 6.54 Å². The average molecular weight is 316 g/mol. The van der Waals surface area contributed by atoms with E-state index in [1.54, 1.807) is 11.6 Å². The highest BCUT2D eigenvalue weighted by atomic mass is 32.1. The molecule has 5 nitrogen and oxygen atoms in total. The van der Waals surface area contributed by atoms with Gasteiger partial charge < -0.3 is 10.0 Å². The van der Waals surface area contributed by atoms with Gasteiger partial charge in [-0.05, 0) is 24.0 Å². The van der Waals surface area contributed by atoms with Gasteiger partial charge in [0.05, 0.1) is 11.2 Å². The van der Waals surface area contributed by atoms with E-state index >= 15 is 0 Å². The first-order valence-electron chi connectivity index (χ1n) is 7.17. The molecule has 0 bridgehead atoms. The number of hydrogen-bond donors (Lipinski definition) is 1. The van der Waals surface area contributed by atoms with E-state index in [2.05, 4.69) is 4.98 Å². The fourth-order valence-corrected chi connectivity index (χ4v) is 3.71. The van der Waals surface area contributed by atoms with Gasteiger partial charge in [-0.25, -0.2) is 9.78 Å². The zero-order valence-corrected chi connectivity index (χ0v) is 13.0. The Kier molecular flexibility index (Phi) is 3.94. The van der Waals surface area contributed by atoms with Gasteiger partial charge in [0.1, 0.15) is 4.88 Å². The van der Waals surface area contributed by atoms with Crippen molar-refractivity contribution in [3.8, 4) is 0 Å². The van der Waals surface area contributed by atoms with Crippen molar-refractivity contribution in [2.24, 2.45) is 0 Å². The van der Waals surface area contributed by atoms with Gasteiger partial charge in [0.2, 0.25) is 0 Å². The number of aromatic nitrogens is 1. The number of carboxylic acids is 1. The SMILES string of the molecule is CCc1ncsc1C(=O)N1CCc2ccccc2C1C(=O)O. The number of carbonyl (C=O) groups is 2. The van der Waals surface area contributed by atoms with Crippen LogP contribution in [0, 0.1) is 0 Å². The van der Waals surface area contributed by atoms with Crippen LogP contribution < -0.4 is 0 Å². The van der Waals surface area contributed by atoms with Crippen LogP contribution in [0.4, 0.5) is 0 Å². The number of aliphatic carboxylic acids is 1. The fraction of sp³-hybridized carbons (Fsp3) is 0.312. The average Bonchev–Trinajstić information content (AvgIpc) is 3.01. The van der Waals surface area contributed by atoms with Crippen molar-refractivity contribution in [1.29, 1.82) is 0 Å². The summed E-state index contributed by atoms with van der Waals surface area (Å²) in [5.41, 5.74) is 4.08. The van der Waals surface area contributed by atoms with Gasteiger partial charge in [-0.2, -0.15) is 0 Å². The molecule has 1 atom stereocenters. The first kappa shape index (κ1) is 14.7. The monoisotopic (exact) mass is 316 g/mol. The summed E-state index contributed by atoms with van der Waals surface area (Å²) in [4.78, 5) is 30.7. The number of hydrogen-bond acceptors (Lipinski definition) is 4. The molecule has 114 valence electrons. The van der Waals surface area contributed by atoms with Crippen LogP contribution in [0.15, 0.2) is 29.8 Å². The highest BCUT2D eigenvalue weighted by Gasteiger charge is 2.37. The van der Waals surface area contributed by atoms with Crippen LogP contribution in [0.2, 0.25) is 0 Å². The van der Waals surface area contributed by atoms with E-state index in [0.717, 1.165) is 11.3 Å². The molecule has 1 aromatic carbocycles. The first-order valence-corrected chi connectivity index (χ1v) is 8.05. The number of aryl methyl sites for hydroxylation is 1. The van der Waals surface area contributed by atoms with Gasteiger partial charge in [-0.3, -0.25) is 4.79 Å². The Morgan fingerprint density at radius 3 is 2.91 bits per heavy atom. The molecule has 0 saturated carbocycles. The minimum absolute atomic E-state index is 0.235. The van der Waals surface area contributed by atoms with E-state index in [9.17, 15) is 14.7 Å². The Labute approximate surface area is 132 Å². The maximum Gasteiger partial charge on any atom is 0.331 e. The summed E-state index contributed by atoms with van der Waals surface area (Å²) >= 11 is 1.28. The Balaban J connectivity index is 2.00. The number of fused-ring (bicyclic) bond motifs is 1. The van der Waals surface area contributed by atoms with Crippen molar-refractivity contribution < 1.29 is 14.7 Å². The summed E-state index contributed by atoms with van der Waals surface area (Å²) in [7, 11) is 0. The van der Waals surface area contributed by atoms with Crippen LogP contribution in [-0.2, 0) is 17.6 Å². The lowest BCUT2D eigenvalue weighted by Crippen LogP contribution is -2.43. The molecule has 2 aromatic rings. The molecule has 1 aliphatic rings. The lowest BCUT2D eigenvalue weighted by atomic mass is 9.92. The quantitative estimate of drug-likeness (QED) is 0.944. The van der Waals surface area contributed by atoms with Crippen molar-refractivity contribution in [3.63, 3.8) is 0 Å². The number of benzene rings is 1. The summed E-state index contributed by atoms with van der Waals surface area (Å²) in [6.07, 6.45) is 1.33.